The van der Waals surface area contributed by atoms with Crippen LogP contribution in [0.3, 0.4) is 0 Å². The Balaban J connectivity index is 2.79. The molecule has 1 amide bonds. The molecule has 0 heterocycles. The lowest BCUT2D eigenvalue weighted by molar-refractivity contribution is -0.136. The highest BCUT2D eigenvalue weighted by Gasteiger charge is 2.12. The lowest BCUT2D eigenvalue weighted by Crippen LogP contribution is -2.27. The Morgan fingerprint density at radius 1 is 1.18 bits per heavy atom. The summed E-state index contributed by atoms with van der Waals surface area (Å²) in [5.41, 5.74) is 3.58. The second kappa shape index (κ2) is 5.48. The molecule has 0 aliphatic rings. The lowest BCUT2D eigenvalue weighted by Gasteiger charge is -2.11. The van der Waals surface area contributed by atoms with Gasteiger partial charge in [-0.05, 0) is 31.9 Å². The third kappa shape index (κ3) is 3.59. The molecule has 1 rings (SSSR count). The van der Waals surface area contributed by atoms with Crippen molar-refractivity contribution >= 4 is 11.9 Å². The Labute approximate surface area is 101 Å². The zero-order valence-corrected chi connectivity index (χ0v) is 10.3. The maximum atomic E-state index is 11.9. The van der Waals surface area contributed by atoms with E-state index in [-0.39, 0.29) is 18.9 Å². The maximum Gasteiger partial charge on any atom is 0.305 e. The molecular weight excluding hydrogens is 218 g/mol. The molecule has 0 spiro atoms. The van der Waals surface area contributed by atoms with Crippen LogP contribution in [-0.4, -0.2) is 23.5 Å². The van der Waals surface area contributed by atoms with Crippen LogP contribution in [0.15, 0.2) is 12.1 Å². The van der Waals surface area contributed by atoms with E-state index in [1.807, 2.05) is 32.9 Å². The van der Waals surface area contributed by atoms with Crippen molar-refractivity contribution in [3.05, 3.63) is 34.4 Å². The van der Waals surface area contributed by atoms with Gasteiger partial charge in [0.2, 0.25) is 0 Å². The first-order chi connectivity index (χ1) is 7.91. The van der Waals surface area contributed by atoms with Crippen LogP contribution in [0.4, 0.5) is 0 Å². The average Bonchev–Trinajstić information content (AvgIpc) is 2.14. The number of hydrogen-bond acceptors (Lipinski definition) is 2. The smallest absolute Gasteiger partial charge is 0.305 e. The predicted octanol–water partition coefficient (Wildman–Crippen LogP) is 1.82. The molecule has 0 aliphatic carbocycles. The zero-order chi connectivity index (χ0) is 13.0. The molecule has 1 aromatic rings. The van der Waals surface area contributed by atoms with Gasteiger partial charge < -0.3 is 10.4 Å². The number of carboxylic acids is 1. The summed E-state index contributed by atoms with van der Waals surface area (Å²) in [7, 11) is 0. The molecule has 0 aliphatic heterocycles. The number of aliphatic carboxylic acids is 1. The number of carbonyl (C=O) groups excluding carboxylic acids is 1. The molecule has 92 valence electrons. The number of rotatable bonds is 4. The first-order valence-corrected chi connectivity index (χ1v) is 5.49. The van der Waals surface area contributed by atoms with Crippen LogP contribution in [-0.2, 0) is 4.79 Å². The van der Waals surface area contributed by atoms with Crippen molar-refractivity contribution < 1.29 is 14.7 Å². The molecule has 0 aromatic heterocycles. The van der Waals surface area contributed by atoms with E-state index in [2.05, 4.69) is 5.32 Å². The first kappa shape index (κ1) is 13.2. The van der Waals surface area contributed by atoms with Gasteiger partial charge in [-0.2, -0.15) is 0 Å². The molecule has 4 nitrogen and oxygen atoms in total. The summed E-state index contributed by atoms with van der Waals surface area (Å²) < 4.78 is 0. The molecule has 0 saturated heterocycles. The normalized spacial score (nSPS) is 10.1. The van der Waals surface area contributed by atoms with Gasteiger partial charge in [-0.25, -0.2) is 0 Å². The number of carboxylic acid groups (broad SMARTS) is 1. The summed E-state index contributed by atoms with van der Waals surface area (Å²) in [6, 6.07) is 3.89. The van der Waals surface area contributed by atoms with Crippen molar-refractivity contribution in [3.8, 4) is 0 Å². The van der Waals surface area contributed by atoms with E-state index in [4.69, 9.17) is 5.11 Å². The highest BCUT2D eigenvalue weighted by molar-refractivity contribution is 5.97. The largest absolute Gasteiger partial charge is 0.481 e. The fraction of sp³-hybridized carbons (Fsp3) is 0.385. The highest BCUT2D eigenvalue weighted by atomic mass is 16.4. The third-order valence-corrected chi connectivity index (χ3v) is 2.53. The Morgan fingerprint density at radius 2 is 1.71 bits per heavy atom. The summed E-state index contributed by atoms with van der Waals surface area (Å²) >= 11 is 0. The van der Waals surface area contributed by atoms with E-state index in [0.29, 0.717) is 5.56 Å². The average molecular weight is 235 g/mol. The molecule has 0 unspecified atom stereocenters. The number of carbonyl (C=O) groups is 2. The molecule has 0 saturated carbocycles. The van der Waals surface area contributed by atoms with Crippen LogP contribution >= 0.6 is 0 Å². The molecule has 0 bridgehead atoms. The van der Waals surface area contributed by atoms with Crippen molar-refractivity contribution in [2.45, 2.75) is 27.2 Å². The SMILES string of the molecule is Cc1cc(C)c(C(=O)NCCC(=O)O)c(C)c1. The second-order valence-corrected chi connectivity index (χ2v) is 4.17. The number of benzene rings is 1. The van der Waals surface area contributed by atoms with Gasteiger partial charge in [0.1, 0.15) is 0 Å². The second-order valence-electron chi connectivity index (χ2n) is 4.17. The zero-order valence-electron chi connectivity index (χ0n) is 10.3. The standard InChI is InChI=1S/C13H17NO3/c1-8-6-9(2)12(10(3)7-8)13(17)14-5-4-11(15)16/h6-7H,4-5H2,1-3H3,(H,14,17)(H,15,16). The Morgan fingerprint density at radius 3 is 2.18 bits per heavy atom. The number of amides is 1. The van der Waals surface area contributed by atoms with Crippen LogP contribution in [0.5, 0.6) is 0 Å². The van der Waals surface area contributed by atoms with Gasteiger partial charge in [-0.3, -0.25) is 9.59 Å². The summed E-state index contributed by atoms with van der Waals surface area (Å²) in [5, 5.41) is 11.1. The van der Waals surface area contributed by atoms with Gasteiger partial charge in [0.25, 0.3) is 5.91 Å². The molecule has 2 N–H and O–H groups in total. The molecule has 17 heavy (non-hydrogen) atoms. The molecule has 4 heteroatoms. The number of nitrogens with one attached hydrogen (secondary N) is 1. The van der Waals surface area contributed by atoms with E-state index in [1.54, 1.807) is 0 Å². The van der Waals surface area contributed by atoms with Gasteiger partial charge in [-0.15, -0.1) is 0 Å². The monoisotopic (exact) mass is 235 g/mol. The highest BCUT2D eigenvalue weighted by Crippen LogP contribution is 2.16. The Kier molecular flexibility index (Phi) is 4.26. The van der Waals surface area contributed by atoms with Crippen molar-refractivity contribution in [1.82, 2.24) is 5.32 Å². The lowest BCUT2D eigenvalue weighted by atomic mass is 9.99. The molecule has 0 fully saturated rings. The van der Waals surface area contributed by atoms with Crippen molar-refractivity contribution in [2.24, 2.45) is 0 Å². The van der Waals surface area contributed by atoms with Crippen LogP contribution in [0.1, 0.15) is 33.5 Å². The van der Waals surface area contributed by atoms with Crippen LogP contribution in [0, 0.1) is 20.8 Å². The first-order valence-electron chi connectivity index (χ1n) is 5.49. The quantitative estimate of drug-likeness (QED) is 0.836. The van der Waals surface area contributed by atoms with Crippen molar-refractivity contribution in [3.63, 3.8) is 0 Å². The van der Waals surface area contributed by atoms with Crippen LogP contribution in [0.25, 0.3) is 0 Å². The van der Waals surface area contributed by atoms with Crippen molar-refractivity contribution in [1.29, 1.82) is 0 Å². The summed E-state index contributed by atoms with van der Waals surface area (Å²) in [4.78, 5) is 22.2. The summed E-state index contributed by atoms with van der Waals surface area (Å²) in [6.45, 7) is 5.89. The fourth-order valence-corrected chi connectivity index (χ4v) is 1.91. The molecule has 0 radical (unpaired) electrons. The van der Waals surface area contributed by atoms with E-state index >= 15 is 0 Å². The van der Waals surface area contributed by atoms with Gasteiger partial charge in [-0.1, -0.05) is 17.7 Å². The maximum absolute atomic E-state index is 11.9. The van der Waals surface area contributed by atoms with Gasteiger partial charge in [0.05, 0.1) is 6.42 Å². The number of aryl methyl sites for hydroxylation is 3. The van der Waals surface area contributed by atoms with Gasteiger partial charge >= 0.3 is 5.97 Å². The fourth-order valence-electron chi connectivity index (χ4n) is 1.91. The topological polar surface area (TPSA) is 66.4 Å². The Bertz CT molecular complexity index is 429. The van der Waals surface area contributed by atoms with E-state index in [1.165, 1.54) is 0 Å². The van der Waals surface area contributed by atoms with E-state index in [9.17, 15) is 9.59 Å². The number of hydrogen-bond donors (Lipinski definition) is 2. The molecular formula is C13H17NO3. The van der Waals surface area contributed by atoms with Crippen LogP contribution in [0.2, 0.25) is 0 Å². The third-order valence-electron chi connectivity index (χ3n) is 2.53. The molecule has 0 atom stereocenters. The van der Waals surface area contributed by atoms with Crippen LogP contribution < -0.4 is 5.32 Å². The minimum atomic E-state index is -0.914. The minimum absolute atomic E-state index is 0.0598. The molecule has 1 aromatic carbocycles. The van der Waals surface area contributed by atoms with E-state index < -0.39 is 5.97 Å². The Hall–Kier alpha value is -1.84. The summed E-state index contributed by atoms with van der Waals surface area (Å²) in [6.07, 6.45) is -0.0598. The van der Waals surface area contributed by atoms with Gasteiger partial charge in [0.15, 0.2) is 0 Å². The van der Waals surface area contributed by atoms with Crippen molar-refractivity contribution in [2.75, 3.05) is 6.54 Å². The van der Waals surface area contributed by atoms with E-state index in [0.717, 1.165) is 16.7 Å². The van der Waals surface area contributed by atoms with Gasteiger partial charge in [0, 0.05) is 12.1 Å². The summed E-state index contributed by atoms with van der Waals surface area (Å²) in [5.74, 6) is -1.12. The predicted molar refractivity (Wildman–Crippen MR) is 65.2 cm³/mol. The minimum Gasteiger partial charge on any atom is -0.481 e.